The number of nitrogens with zero attached hydrogens (tertiary/aromatic N) is 2. The number of piperidine rings is 2. The van der Waals surface area contributed by atoms with Crippen LogP contribution in [0.1, 0.15) is 321 Å². The first kappa shape index (κ1) is 117. The van der Waals surface area contributed by atoms with Gasteiger partial charge in [0, 0.05) is 128 Å². The zero-order chi connectivity index (χ0) is 86.5. The molecule has 27 heteroatoms. The molecule has 0 aromatic rings. The number of carbonyl (C=O) groups is 1. The van der Waals surface area contributed by atoms with Gasteiger partial charge in [-0.3, -0.25) is 25.6 Å². The Kier molecular flexibility index (Phi) is 98.8. The van der Waals surface area contributed by atoms with Gasteiger partial charge in [0.1, 0.15) is 16.4 Å². The summed E-state index contributed by atoms with van der Waals surface area (Å²) in [5.74, 6) is 7.97. The first-order valence-electron chi connectivity index (χ1n) is 49.3. The molecular formula is C94H186N12O9S6. The predicted molar refractivity (Wildman–Crippen MR) is 534 cm³/mol. The summed E-state index contributed by atoms with van der Waals surface area (Å²) in [5.41, 5.74) is 5.94. The first-order valence-corrected chi connectivity index (χ1v) is 57.2. The van der Waals surface area contributed by atoms with E-state index < -0.39 is 19.7 Å². The lowest BCUT2D eigenvalue weighted by Crippen LogP contribution is -2.35. The van der Waals surface area contributed by atoms with Crippen LogP contribution in [0.2, 0.25) is 0 Å². The molecule has 121 heavy (non-hydrogen) atoms. The van der Waals surface area contributed by atoms with Gasteiger partial charge in [-0.25, -0.2) is 16.8 Å². The van der Waals surface area contributed by atoms with E-state index in [1.165, 1.54) is 389 Å². The van der Waals surface area contributed by atoms with Crippen LogP contribution in [0.25, 0.3) is 0 Å². The highest BCUT2D eigenvalue weighted by atomic mass is 32.2. The van der Waals surface area contributed by atoms with Crippen molar-refractivity contribution in [2.75, 3.05) is 209 Å². The van der Waals surface area contributed by atoms with Crippen molar-refractivity contribution >= 4 is 84.5 Å². The van der Waals surface area contributed by atoms with Crippen molar-refractivity contribution in [1.82, 2.24) is 53.4 Å². The fourth-order valence-electron chi connectivity index (χ4n) is 12.6. The smallest absolute Gasteiger partial charge is 0.188 e. The van der Waals surface area contributed by atoms with Gasteiger partial charge < -0.3 is 61.5 Å². The molecule has 16 aliphatic heterocycles. The number of ether oxygens (including phenoxy) is 4. The normalized spacial score (nSPS) is 23.4. The highest BCUT2D eigenvalue weighted by Gasteiger charge is 2.17. The Bertz CT molecular complexity index is 2090. The second kappa shape index (κ2) is 102. The number of nitrogens with one attached hydrogen (secondary N) is 10. The van der Waals surface area contributed by atoms with E-state index in [4.69, 9.17) is 14.2 Å². The van der Waals surface area contributed by atoms with Crippen LogP contribution in [0, 0.1) is 0 Å². The molecule has 4 saturated carbocycles. The van der Waals surface area contributed by atoms with E-state index in [2.05, 4.69) is 98.1 Å². The van der Waals surface area contributed by atoms with Crippen LogP contribution in [-0.4, -0.2) is 244 Å². The third-order valence-corrected chi connectivity index (χ3v) is 28.2. The van der Waals surface area contributed by atoms with Crippen LogP contribution in [0.3, 0.4) is 0 Å². The highest BCUT2D eigenvalue weighted by Crippen LogP contribution is 2.20. The Hall–Kier alpha value is -1.77. The summed E-state index contributed by atoms with van der Waals surface area (Å²) in [4.78, 5) is 17.9. The van der Waals surface area contributed by atoms with E-state index in [1.807, 2.05) is 47.4 Å². The minimum Gasteiger partial charge on any atom is -0.482 e. The average molecular weight is 1820 g/mol. The summed E-state index contributed by atoms with van der Waals surface area (Å²) < 4.78 is 61.9. The standard InChI is InChI=1S/C7H14.C6H13N.C6H12O.2C5H11N.C5H9N.C5H10.C5H8.C4H9NO2S.C4H9NO.C4H9NS.C4H5NS.C4H7N.C4H8O2S.C4H6OS.C4H8O.C4H8S.2C4H8.C3H8N2.C3H5NO/c3*1-2-4-6-7-5-3-1;3*1-2-4-6-5-3-1;2*1-2-4-5-3-1;6-8(7)3-1-5-2-4-8;3*1-3-6-4-2-5-1;1-2-4-5-3-1;5-7(6)3-1-2-4-7;5-4-2-1-3-6-4;2*1-2-4-5-3-1;2*1-2-4-3-1;1-2-4-5-3-1;1-2-5-3-4-1/h1-7H2;7H,1-6H2;1-6H2;2*6H,1-5H2;2,4,6H,1,3,5H2;1-5H2;1-2H,3-5H2;5H,1-4H2;2*5H,1-4H2;1-5H;3H,1-2,4H2;1-4H2;1-3H2;2*1-4H2;2*1-4H2;4-5H,1-3H2;3H,1-2H2. The van der Waals surface area contributed by atoms with Crippen LogP contribution in [0.4, 0.5) is 0 Å². The van der Waals surface area contributed by atoms with Crippen molar-refractivity contribution in [2.24, 2.45) is 9.98 Å². The molecular weight excluding hydrogens is 1630 g/mol. The topological polar surface area (TPSA) is 267 Å². The van der Waals surface area contributed by atoms with Crippen LogP contribution in [0.15, 0.2) is 57.6 Å². The van der Waals surface area contributed by atoms with Gasteiger partial charge in [0.15, 0.2) is 21.4 Å². The van der Waals surface area contributed by atoms with Crippen molar-refractivity contribution in [2.45, 2.75) is 321 Å². The third kappa shape index (κ3) is 103. The quantitative estimate of drug-likeness (QED) is 0.0798. The number of aliphatic imine (C=N–C) groups is 2. The van der Waals surface area contributed by atoms with Gasteiger partial charge >= 0.3 is 0 Å². The fraction of sp³-hybridized carbons (Fsp3) is 0.883. The van der Waals surface area contributed by atoms with E-state index in [0.717, 1.165) is 123 Å². The molecule has 0 spiro atoms. The van der Waals surface area contributed by atoms with Gasteiger partial charge in [-0.05, 0) is 222 Å². The average Bonchev–Trinajstić information content (AvgIpc) is 1.85. The molecule has 0 aromatic heterocycles. The van der Waals surface area contributed by atoms with Gasteiger partial charge in [-0.1, -0.05) is 197 Å². The zero-order valence-corrected chi connectivity index (χ0v) is 81.9. The summed E-state index contributed by atoms with van der Waals surface area (Å²) >= 11 is 7.24. The lowest BCUT2D eigenvalue weighted by Gasteiger charge is -2.10. The molecule has 12 saturated heterocycles. The zero-order valence-electron chi connectivity index (χ0n) is 77.0. The van der Waals surface area contributed by atoms with Crippen LogP contribution < -0.4 is 53.4 Å². The van der Waals surface area contributed by atoms with Gasteiger partial charge in [0.2, 0.25) is 0 Å². The number of rotatable bonds is 0. The number of allylic oxidation sites excluding steroid dienone is 3. The van der Waals surface area contributed by atoms with Gasteiger partial charge in [-0.15, -0.1) is 11.8 Å². The summed E-state index contributed by atoms with van der Waals surface area (Å²) in [5, 5.41) is 29.7. The predicted octanol–water partition coefficient (Wildman–Crippen LogP) is 18.8. The molecule has 10 N–H and O–H groups in total. The van der Waals surface area contributed by atoms with E-state index >= 15 is 0 Å². The maximum atomic E-state index is 10.6. The number of sulfone groups is 2. The Morgan fingerprint density at radius 1 is 0.298 bits per heavy atom. The van der Waals surface area contributed by atoms with Crippen molar-refractivity contribution in [3.8, 4) is 0 Å². The van der Waals surface area contributed by atoms with Gasteiger partial charge in [0.05, 0.1) is 42.8 Å². The van der Waals surface area contributed by atoms with Crippen LogP contribution >= 0.6 is 47.0 Å². The molecule has 21 aliphatic rings. The Labute approximate surface area is 761 Å². The van der Waals surface area contributed by atoms with Crippen molar-refractivity contribution in [3.05, 3.63) is 47.6 Å². The second-order valence-corrected chi connectivity index (χ2v) is 41.5. The molecule has 0 bridgehead atoms. The first-order chi connectivity index (χ1) is 59.8. The molecule has 21 rings (SSSR count). The van der Waals surface area contributed by atoms with Crippen molar-refractivity contribution in [1.29, 1.82) is 0 Å². The lowest BCUT2D eigenvalue weighted by molar-refractivity contribution is -0.110. The maximum absolute atomic E-state index is 10.6. The van der Waals surface area contributed by atoms with Crippen LogP contribution in [-0.2, 0) is 43.4 Å². The van der Waals surface area contributed by atoms with E-state index in [-0.39, 0.29) is 0 Å². The molecule has 16 heterocycles. The van der Waals surface area contributed by atoms with Crippen LogP contribution in [0.5, 0.6) is 0 Å². The third-order valence-electron chi connectivity index (χ3n) is 21.0. The van der Waals surface area contributed by atoms with Gasteiger partial charge in [0.25, 0.3) is 0 Å². The summed E-state index contributed by atoms with van der Waals surface area (Å²) in [6.45, 7) is 25.1. The highest BCUT2D eigenvalue weighted by molar-refractivity contribution is 8.14. The monoisotopic (exact) mass is 1820 g/mol. The molecule has 0 amide bonds. The van der Waals surface area contributed by atoms with E-state index in [1.54, 1.807) is 11.8 Å². The molecule has 5 aliphatic carbocycles. The number of carbonyl (C=O) groups excluding carboxylic acids is 1. The van der Waals surface area contributed by atoms with Crippen molar-refractivity contribution in [3.63, 3.8) is 0 Å². The molecule has 16 fully saturated rings. The largest absolute Gasteiger partial charge is 0.482 e. The fourth-order valence-corrected chi connectivity index (χ4v) is 18.2. The number of morpholine rings is 1. The Balaban J connectivity index is 0.000000636. The minimum atomic E-state index is -2.65. The number of hydrogen-bond donors (Lipinski definition) is 10. The lowest BCUT2D eigenvalue weighted by atomic mass is 10.0. The summed E-state index contributed by atoms with van der Waals surface area (Å²) in [6, 6.07) is 0. The summed E-state index contributed by atoms with van der Waals surface area (Å²) in [6.07, 6.45) is 84.8. The van der Waals surface area contributed by atoms with E-state index in [9.17, 15) is 21.6 Å². The second-order valence-electron chi connectivity index (χ2n) is 32.5. The number of hydrogen-bond acceptors (Lipinski definition) is 25. The van der Waals surface area contributed by atoms with Crippen molar-refractivity contribution < 1.29 is 40.6 Å². The molecule has 0 atom stereocenters. The number of hydrazine groups is 1. The molecule has 712 valence electrons. The van der Waals surface area contributed by atoms with Gasteiger partial charge in [-0.2, -0.15) is 23.5 Å². The molecule has 0 aromatic carbocycles. The molecule has 0 unspecified atom stereocenters. The Morgan fingerprint density at radius 3 is 0.884 bits per heavy atom. The van der Waals surface area contributed by atoms with E-state index in [0.29, 0.717) is 41.2 Å². The maximum Gasteiger partial charge on any atom is 0.188 e. The Morgan fingerprint density at radius 2 is 0.702 bits per heavy atom. The molecule has 21 nitrogen and oxygen atoms in total. The molecule has 0 radical (unpaired) electrons. The number of thioether (sulfide) groups is 4. The SMILES string of the molecule is C1=CCCC1.C1=CNCCC1.C1=CSC=CN1.C1=NCCC1.C1=NCCO1.C1CCC1.C1CCC1.C1CCCC1.C1CCCCCC1.C1CCCNCC1.C1CCCOCC1.C1CCNCC1.C1CCNCC1.C1CCOC1.C1CCSC1.C1CNNC1.C1COCCN1.C1CSCCN1.O=C1CCCS1.O=S1(=O)CCCC1.O=S1(=O)CCNCC1. The summed E-state index contributed by atoms with van der Waals surface area (Å²) in [7, 11) is -5.19. The minimum absolute atomic E-state index is 0.312.